The second-order valence-corrected chi connectivity index (χ2v) is 6.05. The molecule has 106 valence electrons. The number of anilines is 1. The van der Waals surface area contributed by atoms with Gasteiger partial charge in [-0.1, -0.05) is 24.0 Å². The van der Waals surface area contributed by atoms with Gasteiger partial charge in [0.05, 0.1) is 17.1 Å². The molecule has 0 spiro atoms. The van der Waals surface area contributed by atoms with Crippen molar-refractivity contribution >= 4 is 22.9 Å². The predicted molar refractivity (Wildman–Crippen MR) is 86.7 cm³/mol. The summed E-state index contributed by atoms with van der Waals surface area (Å²) >= 11 is 1.60. The van der Waals surface area contributed by atoms with E-state index < -0.39 is 0 Å². The van der Waals surface area contributed by atoms with Crippen LogP contribution in [0.1, 0.15) is 32.1 Å². The first kappa shape index (κ1) is 13.9. The van der Waals surface area contributed by atoms with Crippen molar-refractivity contribution in [3.63, 3.8) is 0 Å². The Morgan fingerprint density at radius 2 is 2.19 bits per heavy atom. The number of carbonyl (C=O) groups excluding carboxylic acids is 1. The molecule has 1 heterocycles. The van der Waals surface area contributed by atoms with Crippen LogP contribution in [0.3, 0.4) is 0 Å². The molecule has 0 unspecified atom stereocenters. The van der Waals surface area contributed by atoms with E-state index in [4.69, 9.17) is 5.73 Å². The average Bonchev–Trinajstić information content (AvgIpc) is 3.07. The molecule has 3 nitrogen and oxygen atoms in total. The smallest absolute Gasteiger partial charge is 0.265 e. The van der Waals surface area contributed by atoms with E-state index in [2.05, 4.69) is 17.2 Å². The van der Waals surface area contributed by atoms with Crippen molar-refractivity contribution in [2.75, 3.05) is 11.9 Å². The molecular weight excluding hydrogens is 280 g/mol. The van der Waals surface area contributed by atoms with E-state index in [0.717, 1.165) is 29.0 Å². The first-order valence-corrected chi connectivity index (χ1v) is 7.80. The molecule has 0 aliphatic heterocycles. The first-order chi connectivity index (χ1) is 10.3. The summed E-state index contributed by atoms with van der Waals surface area (Å²) in [6, 6.07) is 9.55. The molecule has 0 bridgehead atoms. The van der Waals surface area contributed by atoms with Crippen molar-refractivity contribution in [3.8, 4) is 11.8 Å². The highest BCUT2D eigenvalue weighted by molar-refractivity contribution is 7.14. The second-order valence-electron chi connectivity index (χ2n) is 4.92. The van der Waals surface area contributed by atoms with E-state index in [1.165, 1.54) is 16.9 Å². The topological polar surface area (TPSA) is 55.1 Å². The normalized spacial score (nSPS) is 12.4. The molecule has 1 aliphatic carbocycles. The lowest BCUT2D eigenvalue weighted by molar-refractivity contribution is 0.103. The number of para-hydroxylation sites is 1. The van der Waals surface area contributed by atoms with Gasteiger partial charge < -0.3 is 11.1 Å². The van der Waals surface area contributed by atoms with Crippen LogP contribution in [-0.4, -0.2) is 12.5 Å². The van der Waals surface area contributed by atoms with Crippen LogP contribution in [0.25, 0.3) is 0 Å². The molecule has 1 amide bonds. The van der Waals surface area contributed by atoms with Crippen molar-refractivity contribution in [3.05, 3.63) is 51.2 Å². The first-order valence-electron chi connectivity index (χ1n) is 6.99. The Bertz CT molecular complexity index is 715. The largest absolute Gasteiger partial charge is 0.320 e. The molecule has 21 heavy (non-hydrogen) atoms. The van der Waals surface area contributed by atoms with Crippen LogP contribution < -0.4 is 11.1 Å². The summed E-state index contributed by atoms with van der Waals surface area (Å²) in [6.07, 6.45) is 3.41. The van der Waals surface area contributed by atoms with E-state index in [0.29, 0.717) is 6.54 Å². The molecule has 0 fully saturated rings. The number of rotatable bonds is 2. The Labute approximate surface area is 128 Å². The third kappa shape index (κ3) is 2.99. The number of fused-ring (bicyclic) bond motifs is 1. The molecule has 3 rings (SSSR count). The SMILES string of the molecule is NCC#Cc1ccccc1NC(=O)c1cc2c(s1)CCC2. The molecule has 1 aromatic carbocycles. The summed E-state index contributed by atoms with van der Waals surface area (Å²) in [5, 5.41) is 2.95. The summed E-state index contributed by atoms with van der Waals surface area (Å²) in [5.41, 5.74) is 8.26. The second kappa shape index (κ2) is 6.13. The van der Waals surface area contributed by atoms with E-state index in [1.54, 1.807) is 11.3 Å². The Morgan fingerprint density at radius 1 is 1.33 bits per heavy atom. The van der Waals surface area contributed by atoms with Gasteiger partial charge in [0.25, 0.3) is 5.91 Å². The van der Waals surface area contributed by atoms with E-state index in [9.17, 15) is 4.79 Å². The fraction of sp³-hybridized carbons (Fsp3) is 0.235. The quantitative estimate of drug-likeness (QED) is 0.837. The molecule has 3 N–H and O–H groups in total. The Morgan fingerprint density at radius 3 is 3.00 bits per heavy atom. The Hall–Kier alpha value is -2.09. The highest BCUT2D eigenvalue weighted by Crippen LogP contribution is 2.31. The summed E-state index contributed by atoms with van der Waals surface area (Å²) in [6.45, 7) is 0.305. The molecule has 0 atom stereocenters. The maximum absolute atomic E-state index is 12.4. The van der Waals surface area contributed by atoms with Crippen molar-refractivity contribution < 1.29 is 4.79 Å². The number of amides is 1. The van der Waals surface area contributed by atoms with Gasteiger partial charge in [0.2, 0.25) is 0 Å². The molecule has 1 aromatic heterocycles. The number of aryl methyl sites for hydroxylation is 2. The number of hydrogen-bond acceptors (Lipinski definition) is 3. The average molecular weight is 296 g/mol. The van der Waals surface area contributed by atoms with Gasteiger partial charge >= 0.3 is 0 Å². The Kier molecular flexibility index (Phi) is 4.05. The van der Waals surface area contributed by atoms with Crippen molar-refractivity contribution in [2.45, 2.75) is 19.3 Å². The molecular formula is C17H16N2OS. The van der Waals surface area contributed by atoms with E-state index >= 15 is 0 Å². The molecule has 0 saturated heterocycles. The van der Waals surface area contributed by atoms with Crippen LogP contribution in [0.15, 0.2) is 30.3 Å². The van der Waals surface area contributed by atoms with Gasteiger partial charge in [-0.15, -0.1) is 11.3 Å². The molecule has 4 heteroatoms. The minimum Gasteiger partial charge on any atom is -0.320 e. The Balaban J connectivity index is 1.81. The van der Waals surface area contributed by atoms with Crippen molar-refractivity contribution in [2.24, 2.45) is 5.73 Å². The highest BCUT2D eigenvalue weighted by atomic mass is 32.1. The van der Waals surface area contributed by atoms with Gasteiger partial charge in [0.1, 0.15) is 0 Å². The standard InChI is InChI=1S/C17H16N2OS/c18-10-4-7-12-5-1-2-8-14(12)19-17(20)16-11-13-6-3-9-15(13)21-16/h1-2,5,8,11H,3,6,9-10,18H2,(H,19,20). The minimum atomic E-state index is -0.0589. The fourth-order valence-electron chi connectivity index (χ4n) is 2.47. The lowest BCUT2D eigenvalue weighted by Gasteiger charge is -2.06. The van der Waals surface area contributed by atoms with Crippen molar-refractivity contribution in [1.29, 1.82) is 0 Å². The van der Waals surface area contributed by atoms with Crippen LogP contribution in [0.2, 0.25) is 0 Å². The van der Waals surface area contributed by atoms with Crippen molar-refractivity contribution in [1.82, 2.24) is 0 Å². The zero-order chi connectivity index (χ0) is 14.7. The monoisotopic (exact) mass is 296 g/mol. The van der Waals surface area contributed by atoms with Gasteiger partial charge in [-0.2, -0.15) is 0 Å². The van der Waals surface area contributed by atoms with Gasteiger partial charge in [-0.3, -0.25) is 4.79 Å². The van der Waals surface area contributed by atoms with Crippen LogP contribution >= 0.6 is 11.3 Å². The molecule has 0 saturated carbocycles. The summed E-state index contributed by atoms with van der Waals surface area (Å²) in [4.78, 5) is 14.5. The maximum atomic E-state index is 12.4. The highest BCUT2D eigenvalue weighted by Gasteiger charge is 2.18. The van der Waals surface area contributed by atoms with Crippen LogP contribution in [0.5, 0.6) is 0 Å². The van der Waals surface area contributed by atoms with Gasteiger partial charge in [0, 0.05) is 10.4 Å². The maximum Gasteiger partial charge on any atom is 0.265 e. The predicted octanol–water partition coefficient (Wildman–Crippen LogP) is 2.80. The number of nitrogens with one attached hydrogen (secondary N) is 1. The zero-order valence-corrected chi connectivity index (χ0v) is 12.4. The summed E-state index contributed by atoms with van der Waals surface area (Å²) < 4.78 is 0. The number of nitrogens with two attached hydrogens (primary N) is 1. The number of thiophene rings is 1. The lowest BCUT2D eigenvalue weighted by atomic mass is 10.1. The third-order valence-electron chi connectivity index (χ3n) is 3.47. The van der Waals surface area contributed by atoms with E-state index in [-0.39, 0.29) is 5.91 Å². The number of hydrogen-bond donors (Lipinski definition) is 2. The van der Waals surface area contributed by atoms with Gasteiger partial charge in [0.15, 0.2) is 0 Å². The van der Waals surface area contributed by atoms with Gasteiger partial charge in [-0.05, 0) is 43.0 Å². The van der Waals surface area contributed by atoms with Crippen LogP contribution in [0.4, 0.5) is 5.69 Å². The number of benzene rings is 1. The lowest BCUT2D eigenvalue weighted by Crippen LogP contribution is -2.11. The van der Waals surface area contributed by atoms with Crippen LogP contribution in [-0.2, 0) is 12.8 Å². The van der Waals surface area contributed by atoms with Crippen LogP contribution in [0, 0.1) is 11.8 Å². The zero-order valence-electron chi connectivity index (χ0n) is 11.6. The fourth-order valence-corrected chi connectivity index (χ4v) is 3.62. The minimum absolute atomic E-state index is 0.0589. The molecule has 1 aliphatic rings. The third-order valence-corrected chi connectivity index (χ3v) is 4.71. The number of carbonyl (C=O) groups is 1. The molecule has 2 aromatic rings. The van der Waals surface area contributed by atoms with E-state index in [1.807, 2.05) is 30.3 Å². The van der Waals surface area contributed by atoms with Gasteiger partial charge in [-0.25, -0.2) is 0 Å². The summed E-state index contributed by atoms with van der Waals surface area (Å²) in [5.74, 6) is 5.74. The molecule has 0 radical (unpaired) electrons. The summed E-state index contributed by atoms with van der Waals surface area (Å²) in [7, 11) is 0.